The van der Waals surface area contributed by atoms with Crippen LogP contribution in [-0.2, 0) is 0 Å². The van der Waals surface area contributed by atoms with Crippen LogP contribution in [0.2, 0.25) is 5.15 Å². The molecule has 0 fully saturated rings. The first-order valence-corrected chi connectivity index (χ1v) is 5.20. The molecule has 2 aromatic rings. The highest BCUT2D eigenvalue weighted by Gasteiger charge is 2.10. The summed E-state index contributed by atoms with van der Waals surface area (Å²) in [4.78, 5) is 10.3. The molecule has 0 amide bonds. The Bertz CT molecular complexity index is 587. The first-order valence-electron chi connectivity index (χ1n) is 4.82. The monoisotopic (exact) mass is 249 g/mol. The molecule has 1 aromatic carbocycles. The molecule has 0 bridgehead atoms. The summed E-state index contributed by atoms with van der Waals surface area (Å²) in [6.07, 6.45) is 0. The molecule has 0 atom stereocenters. The van der Waals surface area contributed by atoms with Gasteiger partial charge in [-0.05, 0) is 18.6 Å². The summed E-state index contributed by atoms with van der Waals surface area (Å²) in [6, 6.07) is 7.97. The van der Waals surface area contributed by atoms with Gasteiger partial charge in [0.2, 0.25) is 0 Å². The Morgan fingerprint density at radius 1 is 1.29 bits per heavy atom. The first kappa shape index (κ1) is 11.5. The molecular weight excluding hydrogens is 242 g/mol. The van der Waals surface area contributed by atoms with Gasteiger partial charge in [-0.3, -0.25) is 10.1 Å². The van der Waals surface area contributed by atoms with Crippen molar-refractivity contribution in [2.24, 2.45) is 0 Å². The molecule has 0 N–H and O–H groups in total. The molecule has 1 aromatic heterocycles. The standard InChI is InChI=1S/C11H8ClN3O2/c1-7-10(6-11(12)14-13-7)8-3-2-4-9(5-8)15(16)17/h2-6H,1H3. The lowest BCUT2D eigenvalue weighted by Crippen LogP contribution is -1.93. The van der Waals surface area contributed by atoms with E-state index in [0.717, 1.165) is 5.56 Å². The van der Waals surface area contributed by atoms with Crippen molar-refractivity contribution >= 4 is 17.3 Å². The van der Waals surface area contributed by atoms with Crippen LogP contribution in [0.5, 0.6) is 0 Å². The smallest absolute Gasteiger partial charge is 0.258 e. The molecule has 0 unspecified atom stereocenters. The molecule has 86 valence electrons. The summed E-state index contributed by atoms with van der Waals surface area (Å²) < 4.78 is 0. The van der Waals surface area contributed by atoms with Crippen molar-refractivity contribution < 1.29 is 4.92 Å². The highest BCUT2D eigenvalue weighted by atomic mass is 35.5. The number of hydrogen-bond acceptors (Lipinski definition) is 4. The molecule has 1 heterocycles. The summed E-state index contributed by atoms with van der Waals surface area (Å²) in [6.45, 7) is 1.78. The van der Waals surface area contributed by atoms with Gasteiger partial charge in [0, 0.05) is 17.7 Å². The molecule has 17 heavy (non-hydrogen) atoms. The number of aromatic nitrogens is 2. The fourth-order valence-electron chi connectivity index (χ4n) is 1.51. The first-order chi connectivity index (χ1) is 8.08. The van der Waals surface area contributed by atoms with Gasteiger partial charge in [-0.2, -0.15) is 5.10 Å². The summed E-state index contributed by atoms with van der Waals surface area (Å²) in [5, 5.41) is 18.5. The second-order valence-corrected chi connectivity index (χ2v) is 3.86. The van der Waals surface area contributed by atoms with Crippen LogP contribution < -0.4 is 0 Å². The van der Waals surface area contributed by atoms with Crippen LogP contribution in [0.15, 0.2) is 30.3 Å². The molecule has 5 nitrogen and oxygen atoms in total. The highest BCUT2D eigenvalue weighted by molar-refractivity contribution is 6.29. The maximum atomic E-state index is 10.7. The lowest BCUT2D eigenvalue weighted by Gasteiger charge is -2.04. The zero-order valence-electron chi connectivity index (χ0n) is 8.92. The molecule has 0 saturated heterocycles. The minimum Gasteiger partial charge on any atom is -0.258 e. The molecule has 0 radical (unpaired) electrons. The largest absolute Gasteiger partial charge is 0.270 e. The molecule has 2 rings (SSSR count). The molecule has 0 spiro atoms. The molecule has 0 aliphatic carbocycles. The van der Waals surface area contributed by atoms with Gasteiger partial charge in [-0.1, -0.05) is 23.7 Å². The van der Waals surface area contributed by atoms with E-state index < -0.39 is 4.92 Å². The minimum atomic E-state index is -0.435. The average Bonchev–Trinajstić information content (AvgIpc) is 2.32. The summed E-state index contributed by atoms with van der Waals surface area (Å²) in [7, 11) is 0. The van der Waals surface area contributed by atoms with E-state index in [1.807, 2.05) is 0 Å². The van der Waals surface area contributed by atoms with Crippen LogP contribution in [0.4, 0.5) is 5.69 Å². The van der Waals surface area contributed by atoms with E-state index in [4.69, 9.17) is 11.6 Å². The van der Waals surface area contributed by atoms with Crippen molar-refractivity contribution in [3.63, 3.8) is 0 Å². The SMILES string of the molecule is Cc1nnc(Cl)cc1-c1cccc([N+](=O)[O-])c1. The molecule has 0 saturated carbocycles. The number of nitrogens with zero attached hydrogens (tertiary/aromatic N) is 3. The van der Waals surface area contributed by atoms with Crippen LogP contribution >= 0.6 is 11.6 Å². The predicted octanol–water partition coefficient (Wildman–Crippen LogP) is 3.01. The summed E-state index contributed by atoms with van der Waals surface area (Å²) >= 11 is 5.76. The van der Waals surface area contributed by atoms with Crippen molar-refractivity contribution in [3.8, 4) is 11.1 Å². The van der Waals surface area contributed by atoms with Gasteiger partial charge >= 0.3 is 0 Å². The number of aryl methyl sites for hydroxylation is 1. The minimum absolute atomic E-state index is 0.0369. The quantitative estimate of drug-likeness (QED) is 0.606. The lowest BCUT2D eigenvalue weighted by molar-refractivity contribution is -0.384. The van der Waals surface area contributed by atoms with E-state index in [1.54, 1.807) is 25.1 Å². The number of nitro groups is 1. The Kier molecular flexibility index (Phi) is 3.01. The van der Waals surface area contributed by atoms with Gasteiger partial charge in [0.05, 0.1) is 10.6 Å². The number of rotatable bonds is 2. The Labute approximate surface area is 102 Å². The van der Waals surface area contributed by atoms with Crippen molar-refractivity contribution in [2.75, 3.05) is 0 Å². The van der Waals surface area contributed by atoms with Crippen molar-refractivity contribution in [1.29, 1.82) is 0 Å². The molecular formula is C11H8ClN3O2. The number of non-ortho nitro benzene ring substituents is 1. The van der Waals surface area contributed by atoms with Gasteiger partial charge in [-0.15, -0.1) is 5.10 Å². The zero-order chi connectivity index (χ0) is 12.4. The molecule has 0 aliphatic rings. The fourth-order valence-corrected chi connectivity index (χ4v) is 1.66. The van der Waals surface area contributed by atoms with Gasteiger partial charge in [-0.25, -0.2) is 0 Å². The Morgan fingerprint density at radius 2 is 2.06 bits per heavy atom. The number of nitro benzene ring substituents is 1. The Hall–Kier alpha value is -2.01. The second-order valence-electron chi connectivity index (χ2n) is 3.47. The van der Waals surface area contributed by atoms with E-state index in [-0.39, 0.29) is 10.8 Å². The van der Waals surface area contributed by atoms with E-state index in [0.29, 0.717) is 11.3 Å². The normalized spacial score (nSPS) is 10.2. The van der Waals surface area contributed by atoms with E-state index >= 15 is 0 Å². The van der Waals surface area contributed by atoms with Gasteiger partial charge in [0.1, 0.15) is 0 Å². The van der Waals surface area contributed by atoms with Crippen LogP contribution in [0, 0.1) is 17.0 Å². The maximum absolute atomic E-state index is 10.7. The van der Waals surface area contributed by atoms with Crippen molar-refractivity contribution in [1.82, 2.24) is 10.2 Å². The van der Waals surface area contributed by atoms with Crippen molar-refractivity contribution in [2.45, 2.75) is 6.92 Å². The van der Waals surface area contributed by atoms with Crippen LogP contribution in [0.3, 0.4) is 0 Å². The predicted molar refractivity (Wildman–Crippen MR) is 63.9 cm³/mol. The molecule has 6 heteroatoms. The maximum Gasteiger partial charge on any atom is 0.270 e. The topological polar surface area (TPSA) is 68.9 Å². The highest BCUT2D eigenvalue weighted by Crippen LogP contribution is 2.26. The van der Waals surface area contributed by atoms with Gasteiger partial charge < -0.3 is 0 Å². The summed E-state index contributed by atoms with van der Waals surface area (Å²) in [5.74, 6) is 0. The van der Waals surface area contributed by atoms with E-state index in [2.05, 4.69) is 10.2 Å². The van der Waals surface area contributed by atoms with Gasteiger partial charge in [0.15, 0.2) is 5.15 Å². The second kappa shape index (κ2) is 4.47. The zero-order valence-corrected chi connectivity index (χ0v) is 9.68. The van der Waals surface area contributed by atoms with Crippen LogP contribution in [-0.4, -0.2) is 15.1 Å². The Morgan fingerprint density at radius 3 is 2.76 bits per heavy atom. The summed E-state index contributed by atoms with van der Waals surface area (Å²) in [5.41, 5.74) is 2.16. The van der Waals surface area contributed by atoms with Crippen molar-refractivity contribution in [3.05, 3.63) is 51.3 Å². The van der Waals surface area contributed by atoms with E-state index in [9.17, 15) is 10.1 Å². The van der Waals surface area contributed by atoms with Crippen LogP contribution in [0.25, 0.3) is 11.1 Å². The molecule has 0 aliphatic heterocycles. The fraction of sp³-hybridized carbons (Fsp3) is 0.0909. The van der Waals surface area contributed by atoms with Crippen LogP contribution in [0.1, 0.15) is 5.69 Å². The third-order valence-electron chi connectivity index (χ3n) is 2.32. The lowest BCUT2D eigenvalue weighted by atomic mass is 10.0. The number of benzene rings is 1. The number of halogens is 1. The van der Waals surface area contributed by atoms with Gasteiger partial charge in [0.25, 0.3) is 5.69 Å². The van der Waals surface area contributed by atoms with E-state index in [1.165, 1.54) is 12.1 Å². The average molecular weight is 250 g/mol. The third-order valence-corrected chi connectivity index (χ3v) is 2.50. The third kappa shape index (κ3) is 2.39. The number of hydrogen-bond donors (Lipinski definition) is 0. The Balaban J connectivity index is 2.56.